The van der Waals surface area contributed by atoms with Crippen LogP contribution >= 0.6 is 0 Å². The van der Waals surface area contributed by atoms with Crippen molar-refractivity contribution in [1.29, 1.82) is 0 Å². The molecule has 0 amide bonds. The summed E-state index contributed by atoms with van der Waals surface area (Å²) in [5.41, 5.74) is 5.75. The van der Waals surface area contributed by atoms with E-state index in [1.807, 2.05) is 0 Å². The maximum atomic E-state index is 5.75. The van der Waals surface area contributed by atoms with E-state index < -0.39 is 0 Å². The standard InChI is InChI=1S/C13H26N2O/c1-2-16-12(9-14)10-15-8-7-11-5-3-4-6-13(11)15/h11-13H,2-10,14H2,1H3. The zero-order valence-electron chi connectivity index (χ0n) is 10.5. The van der Waals surface area contributed by atoms with Crippen molar-refractivity contribution in [2.75, 3.05) is 26.2 Å². The molecule has 0 spiro atoms. The lowest BCUT2D eigenvalue weighted by molar-refractivity contribution is 0.0299. The van der Waals surface area contributed by atoms with Gasteiger partial charge in [0.05, 0.1) is 6.10 Å². The quantitative estimate of drug-likeness (QED) is 0.774. The van der Waals surface area contributed by atoms with E-state index in [-0.39, 0.29) is 6.10 Å². The van der Waals surface area contributed by atoms with Crippen molar-refractivity contribution in [2.24, 2.45) is 11.7 Å². The van der Waals surface area contributed by atoms with E-state index in [4.69, 9.17) is 10.5 Å². The zero-order chi connectivity index (χ0) is 11.4. The molecule has 2 rings (SSSR count). The molecule has 3 unspecified atom stereocenters. The van der Waals surface area contributed by atoms with E-state index in [1.54, 1.807) is 0 Å². The normalized spacial score (nSPS) is 32.6. The molecule has 3 heteroatoms. The minimum Gasteiger partial charge on any atom is -0.376 e. The molecule has 94 valence electrons. The Morgan fingerprint density at radius 1 is 1.31 bits per heavy atom. The summed E-state index contributed by atoms with van der Waals surface area (Å²) in [7, 11) is 0. The highest BCUT2D eigenvalue weighted by Crippen LogP contribution is 2.36. The Bertz CT molecular complexity index is 210. The van der Waals surface area contributed by atoms with Gasteiger partial charge in [0.1, 0.15) is 0 Å². The molecule has 16 heavy (non-hydrogen) atoms. The van der Waals surface area contributed by atoms with Gasteiger partial charge in [-0.05, 0) is 38.6 Å². The average Bonchev–Trinajstić information content (AvgIpc) is 2.72. The predicted molar refractivity (Wildman–Crippen MR) is 66.4 cm³/mol. The zero-order valence-corrected chi connectivity index (χ0v) is 10.5. The van der Waals surface area contributed by atoms with Gasteiger partial charge in [-0.3, -0.25) is 4.90 Å². The highest BCUT2D eigenvalue weighted by atomic mass is 16.5. The largest absolute Gasteiger partial charge is 0.376 e. The lowest BCUT2D eigenvalue weighted by atomic mass is 9.85. The van der Waals surface area contributed by atoms with Crippen LogP contribution in [0.5, 0.6) is 0 Å². The second kappa shape index (κ2) is 5.99. The van der Waals surface area contributed by atoms with Gasteiger partial charge in [-0.25, -0.2) is 0 Å². The van der Waals surface area contributed by atoms with E-state index in [1.165, 1.54) is 38.6 Å². The summed E-state index contributed by atoms with van der Waals surface area (Å²) in [5, 5.41) is 0. The number of hydrogen-bond acceptors (Lipinski definition) is 3. The monoisotopic (exact) mass is 226 g/mol. The number of nitrogens with two attached hydrogens (primary N) is 1. The summed E-state index contributed by atoms with van der Waals surface area (Å²) < 4.78 is 5.67. The van der Waals surface area contributed by atoms with Crippen LogP contribution in [0.2, 0.25) is 0 Å². The molecule has 1 saturated carbocycles. The SMILES string of the molecule is CCOC(CN)CN1CCC2CCCCC21. The van der Waals surface area contributed by atoms with Crippen LogP contribution in [-0.2, 0) is 4.74 Å². The van der Waals surface area contributed by atoms with Crippen LogP contribution < -0.4 is 5.73 Å². The van der Waals surface area contributed by atoms with Crippen LogP contribution in [0, 0.1) is 5.92 Å². The summed E-state index contributed by atoms with van der Waals surface area (Å²) in [5.74, 6) is 0.966. The van der Waals surface area contributed by atoms with Gasteiger partial charge in [-0.1, -0.05) is 12.8 Å². The Labute approximate surface area is 99.3 Å². The molecule has 0 aromatic carbocycles. The van der Waals surface area contributed by atoms with E-state index in [2.05, 4.69) is 11.8 Å². The lowest BCUT2D eigenvalue weighted by Crippen LogP contribution is -2.42. The predicted octanol–water partition coefficient (Wildman–Crippen LogP) is 1.61. The van der Waals surface area contributed by atoms with Gasteiger partial charge in [0, 0.05) is 25.7 Å². The lowest BCUT2D eigenvalue weighted by Gasteiger charge is -2.33. The number of fused-ring (bicyclic) bond motifs is 1. The molecule has 0 radical (unpaired) electrons. The Kier molecular flexibility index (Phi) is 4.62. The molecule has 2 N–H and O–H groups in total. The summed E-state index contributed by atoms with van der Waals surface area (Å²) in [6.45, 7) is 5.80. The van der Waals surface area contributed by atoms with Crippen molar-refractivity contribution in [1.82, 2.24) is 4.90 Å². The first-order valence-corrected chi connectivity index (χ1v) is 6.90. The average molecular weight is 226 g/mol. The number of likely N-dealkylation sites (tertiary alicyclic amines) is 1. The van der Waals surface area contributed by atoms with E-state index in [9.17, 15) is 0 Å². The van der Waals surface area contributed by atoms with E-state index in [0.717, 1.165) is 25.1 Å². The van der Waals surface area contributed by atoms with Gasteiger partial charge in [-0.2, -0.15) is 0 Å². The molecule has 1 saturated heterocycles. The summed E-state index contributed by atoms with van der Waals surface area (Å²) in [6, 6.07) is 0.836. The Morgan fingerprint density at radius 3 is 2.88 bits per heavy atom. The first kappa shape index (κ1) is 12.3. The van der Waals surface area contributed by atoms with Crippen molar-refractivity contribution in [3.63, 3.8) is 0 Å². The smallest absolute Gasteiger partial charge is 0.0823 e. The van der Waals surface area contributed by atoms with Crippen LogP contribution in [0.15, 0.2) is 0 Å². The Hall–Kier alpha value is -0.120. The van der Waals surface area contributed by atoms with Gasteiger partial charge < -0.3 is 10.5 Å². The fourth-order valence-electron chi connectivity index (χ4n) is 3.42. The van der Waals surface area contributed by atoms with Gasteiger partial charge in [0.25, 0.3) is 0 Å². The number of hydrogen-bond donors (Lipinski definition) is 1. The van der Waals surface area contributed by atoms with Crippen molar-refractivity contribution in [3.05, 3.63) is 0 Å². The fourth-order valence-corrected chi connectivity index (χ4v) is 3.42. The van der Waals surface area contributed by atoms with Gasteiger partial charge in [0.2, 0.25) is 0 Å². The molecule has 2 aliphatic rings. The Morgan fingerprint density at radius 2 is 2.12 bits per heavy atom. The molecule has 1 aliphatic heterocycles. The third kappa shape index (κ3) is 2.76. The Balaban J connectivity index is 1.84. The third-order valence-electron chi connectivity index (χ3n) is 4.23. The van der Waals surface area contributed by atoms with E-state index >= 15 is 0 Å². The van der Waals surface area contributed by atoms with Crippen LogP contribution in [0.1, 0.15) is 39.0 Å². The fraction of sp³-hybridized carbons (Fsp3) is 1.00. The molecule has 3 nitrogen and oxygen atoms in total. The molecule has 1 heterocycles. The number of ether oxygens (including phenoxy) is 1. The second-order valence-electron chi connectivity index (χ2n) is 5.21. The van der Waals surface area contributed by atoms with Gasteiger partial charge in [0.15, 0.2) is 0 Å². The van der Waals surface area contributed by atoms with Crippen molar-refractivity contribution in [3.8, 4) is 0 Å². The maximum Gasteiger partial charge on any atom is 0.0823 e. The van der Waals surface area contributed by atoms with Gasteiger partial charge >= 0.3 is 0 Å². The molecule has 3 atom stereocenters. The molecular weight excluding hydrogens is 200 g/mol. The first-order chi connectivity index (χ1) is 7.85. The summed E-state index contributed by atoms with van der Waals surface area (Å²) in [4.78, 5) is 2.64. The van der Waals surface area contributed by atoms with Crippen LogP contribution in [0.4, 0.5) is 0 Å². The van der Waals surface area contributed by atoms with Crippen molar-refractivity contribution >= 4 is 0 Å². The topological polar surface area (TPSA) is 38.5 Å². The highest BCUT2D eigenvalue weighted by Gasteiger charge is 2.36. The summed E-state index contributed by atoms with van der Waals surface area (Å²) >= 11 is 0. The molecule has 1 aliphatic carbocycles. The van der Waals surface area contributed by atoms with Crippen LogP contribution in [-0.4, -0.2) is 43.3 Å². The van der Waals surface area contributed by atoms with Crippen molar-refractivity contribution < 1.29 is 4.74 Å². The maximum absolute atomic E-state index is 5.75. The number of rotatable bonds is 5. The molecule has 0 aromatic rings. The first-order valence-electron chi connectivity index (χ1n) is 6.90. The molecule has 0 bridgehead atoms. The second-order valence-corrected chi connectivity index (χ2v) is 5.21. The molecule has 2 fully saturated rings. The van der Waals surface area contributed by atoms with Crippen LogP contribution in [0.25, 0.3) is 0 Å². The van der Waals surface area contributed by atoms with Crippen molar-refractivity contribution in [2.45, 2.75) is 51.2 Å². The number of nitrogens with zero attached hydrogens (tertiary/aromatic N) is 1. The minimum absolute atomic E-state index is 0.241. The van der Waals surface area contributed by atoms with Gasteiger partial charge in [-0.15, -0.1) is 0 Å². The molecule has 0 aromatic heterocycles. The van der Waals surface area contributed by atoms with Crippen LogP contribution in [0.3, 0.4) is 0 Å². The minimum atomic E-state index is 0.241. The van der Waals surface area contributed by atoms with E-state index in [0.29, 0.717) is 6.54 Å². The highest BCUT2D eigenvalue weighted by molar-refractivity contribution is 4.90. The third-order valence-corrected chi connectivity index (χ3v) is 4.23. The molecular formula is C13H26N2O. The summed E-state index contributed by atoms with van der Waals surface area (Å²) in [6.07, 6.45) is 7.34.